The van der Waals surface area contributed by atoms with Crippen molar-refractivity contribution in [2.75, 3.05) is 5.75 Å². The highest BCUT2D eigenvalue weighted by Crippen LogP contribution is 2.17. The van der Waals surface area contributed by atoms with Crippen molar-refractivity contribution >= 4 is 11.8 Å². The molecular weight excluding hydrogens is 254 g/mol. The summed E-state index contributed by atoms with van der Waals surface area (Å²) in [6.45, 7) is 3.09. The number of imidazole rings is 1. The molecule has 19 heavy (non-hydrogen) atoms. The van der Waals surface area contributed by atoms with Crippen molar-refractivity contribution in [3.63, 3.8) is 0 Å². The molecule has 0 saturated heterocycles. The second kappa shape index (κ2) is 7.36. The maximum atomic E-state index is 5.94. The van der Waals surface area contributed by atoms with E-state index in [2.05, 4.69) is 46.9 Å². The maximum absolute atomic E-state index is 5.94. The minimum absolute atomic E-state index is 0.224. The van der Waals surface area contributed by atoms with Crippen LogP contribution < -0.4 is 5.73 Å². The molecule has 0 aliphatic rings. The molecule has 0 spiro atoms. The number of hydrogen-bond acceptors (Lipinski definition) is 3. The van der Waals surface area contributed by atoms with Crippen LogP contribution in [0.4, 0.5) is 0 Å². The Morgan fingerprint density at radius 1 is 1.32 bits per heavy atom. The van der Waals surface area contributed by atoms with Crippen LogP contribution in [0.2, 0.25) is 0 Å². The first-order chi connectivity index (χ1) is 9.28. The Balaban J connectivity index is 1.77. The van der Waals surface area contributed by atoms with Gasteiger partial charge in [-0.1, -0.05) is 25.1 Å². The van der Waals surface area contributed by atoms with Crippen LogP contribution in [-0.2, 0) is 13.0 Å². The van der Waals surface area contributed by atoms with Gasteiger partial charge in [-0.15, -0.1) is 11.8 Å². The predicted molar refractivity (Wildman–Crippen MR) is 81.4 cm³/mol. The van der Waals surface area contributed by atoms with E-state index in [1.54, 1.807) is 0 Å². The second-order valence-corrected chi connectivity index (χ2v) is 5.81. The summed E-state index contributed by atoms with van der Waals surface area (Å²) in [6, 6.07) is 10.7. The molecule has 0 radical (unpaired) electrons. The van der Waals surface area contributed by atoms with Gasteiger partial charge in [0.1, 0.15) is 0 Å². The lowest BCUT2D eigenvalue weighted by Crippen LogP contribution is -2.21. The zero-order valence-electron chi connectivity index (χ0n) is 11.3. The van der Waals surface area contributed by atoms with E-state index < -0.39 is 0 Å². The highest BCUT2D eigenvalue weighted by molar-refractivity contribution is 7.99. The van der Waals surface area contributed by atoms with Gasteiger partial charge in [-0.25, -0.2) is 4.98 Å². The normalized spacial score (nSPS) is 12.5. The van der Waals surface area contributed by atoms with E-state index in [-0.39, 0.29) is 6.04 Å². The number of nitrogens with two attached hydrogens (primary N) is 1. The summed E-state index contributed by atoms with van der Waals surface area (Å²) < 4.78 is 2.15. The van der Waals surface area contributed by atoms with Crippen LogP contribution in [0.15, 0.2) is 47.8 Å². The average molecular weight is 275 g/mol. The standard InChI is InChI=1S/C15H21N3S/c1-2-13(16)10-14-11-18(12-17-14)8-9-19-15-6-4-3-5-7-15/h3-7,11-13H,2,8-10,16H2,1H3. The molecule has 2 N–H and O–H groups in total. The lowest BCUT2D eigenvalue weighted by Gasteiger charge is -2.05. The number of nitrogens with zero attached hydrogens (tertiary/aromatic N) is 2. The van der Waals surface area contributed by atoms with Crippen molar-refractivity contribution in [3.05, 3.63) is 48.5 Å². The Hall–Kier alpha value is -1.26. The molecule has 0 amide bonds. The fraction of sp³-hybridized carbons (Fsp3) is 0.400. The SMILES string of the molecule is CCC(N)Cc1cn(CCSc2ccccc2)cn1. The summed E-state index contributed by atoms with van der Waals surface area (Å²) >= 11 is 1.87. The first kappa shape index (κ1) is 14.2. The maximum Gasteiger partial charge on any atom is 0.0949 e. The third-order valence-electron chi connectivity index (χ3n) is 3.04. The molecule has 0 bridgehead atoms. The summed E-state index contributed by atoms with van der Waals surface area (Å²) in [5, 5.41) is 0. The quantitative estimate of drug-likeness (QED) is 0.790. The monoisotopic (exact) mass is 275 g/mol. The van der Waals surface area contributed by atoms with Gasteiger partial charge in [-0.3, -0.25) is 0 Å². The van der Waals surface area contributed by atoms with E-state index in [0.29, 0.717) is 0 Å². The third kappa shape index (κ3) is 4.73. The van der Waals surface area contributed by atoms with Crippen LogP contribution >= 0.6 is 11.8 Å². The molecule has 2 rings (SSSR count). The van der Waals surface area contributed by atoms with Gasteiger partial charge in [0.05, 0.1) is 12.0 Å². The van der Waals surface area contributed by atoms with Gasteiger partial charge in [0.2, 0.25) is 0 Å². The lowest BCUT2D eigenvalue weighted by atomic mass is 10.1. The molecule has 1 aromatic carbocycles. The first-order valence-electron chi connectivity index (χ1n) is 6.72. The number of aryl methyl sites for hydroxylation is 1. The van der Waals surface area contributed by atoms with Crippen molar-refractivity contribution in [2.24, 2.45) is 5.73 Å². The Kier molecular flexibility index (Phi) is 5.48. The molecule has 0 aliphatic carbocycles. The Bertz CT molecular complexity index is 481. The van der Waals surface area contributed by atoms with E-state index in [1.165, 1.54) is 4.90 Å². The first-order valence-corrected chi connectivity index (χ1v) is 7.70. The van der Waals surface area contributed by atoms with E-state index in [1.807, 2.05) is 24.2 Å². The Morgan fingerprint density at radius 3 is 2.84 bits per heavy atom. The van der Waals surface area contributed by atoms with Crippen LogP contribution in [0.5, 0.6) is 0 Å². The minimum Gasteiger partial charge on any atom is -0.336 e. The lowest BCUT2D eigenvalue weighted by molar-refractivity contribution is 0.637. The van der Waals surface area contributed by atoms with E-state index in [4.69, 9.17) is 5.73 Å². The molecule has 2 aromatic rings. The fourth-order valence-electron chi connectivity index (χ4n) is 1.83. The van der Waals surface area contributed by atoms with Crippen molar-refractivity contribution in [1.82, 2.24) is 9.55 Å². The predicted octanol–water partition coefficient (Wildman–Crippen LogP) is 2.96. The largest absolute Gasteiger partial charge is 0.336 e. The van der Waals surface area contributed by atoms with Gasteiger partial charge in [0.15, 0.2) is 0 Å². The molecule has 1 aromatic heterocycles. The van der Waals surface area contributed by atoms with Gasteiger partial charge in [-0.05, 0) is 18.6 Å². The molecule has 0 fully saturated rings. The molecule has 1 heterocycles. The molecule has 0 saturated carbocycles. The topological polar surface area (TPSA) is 43.8 Å². The number of hydrogen-bond donors (Lipinski definition) is 1. The highest BCUT2D eigenvalue weighted by Gasteiger charge is 2.04. The van der Waals surface area contributed by atoms with Gasteiger partial charge >= 0.3 is 0 Å². The van der Waals surface area contributed by atoms with E-state index >= 15 is 0 Å². The molecular formula is C15H21N3S. The molecule has 1 unspecified atom stereocenters. The van der Waals surface area contributed by atoms with E-state index in [0.717, 1.165) is 30.8 Å². The van der Waals surface area contributed by atoms with Crippen molar-refractivity contribution in [3.8, 4) is 0 Å². The molecule has 1 atom stereocenters. The molecule has 0 aliphatic heterocycles. The summed E-state index contributed by atoms with van der Waals surface area (Å²) in [7, 11) is 0. The molecule has 4 heteroatoms. The number of aromatic nitrogens is 2. The summed E-state index contributed by atoms with van der Waals surface area (Å²) in [5.74, 6) is 1.06. The van der Waals surface area contributed by atoms with Crippen LogP contribution in [0.1, 0.15) is 19.0 Å². The Morgan fingerprint density at radius 2 is 2.11 bits per heavy atom. The van der Waals surface area contributed by atoms with Crippen LogP contribution in [0, 0.1) is 0 Å². The summed E-state index contributed by atoms with van der Waals surface area (Å²) in [6.07, 6.45) is 5.89. The molecule has 102 valence electrons. The highest BCUT2D eigenvalue weighted by atomic mass is 32.2. The minimum atomic E-state index is 0.224. The number of rotatable bonds is 7. The van der Waals surface area contributed by atoms with Crippen LogP contribution in [0.25, 0.3) is 0 Å². The molecule has 3 nitrogen and oxygen atoms in total. The van der Waals surface area contributed by atoms with E-state index in [9.17, 15) is 0 Å². The van der Waals surface area contributed by atoms with Gasteiger partial charge in [-0.2, -0.15) is 0 Å². The summed E-state index contributed by atoms with van der Waals surface area (Å²) in [4.78, 5) is 5.72. The fourth-order valence-corrected chi connectivity index (χ4v) is 2.72. The zero-order chi connectivity index (χ0) is 13.5. The van der Waals surface area contributed by atoms with Crippen LogP contribution in [0.3, 0.4) is 0 Å². The summed E-state index contributed by atoms with van der Waals surface area (Å²) in [5.41, 5.74) is 7.03. The van der Waals surface area contributed by atoms with Gasteiger partial charge in [0, 0.05) is 35.9 Å². The Labute approximate surface area is 119 Å². The number of thioether (sulfide) groups is 1. The zero-order valence-corrected chi connectivity index (χ0v) is 12.1. The van der Waals surface area contributed by atoms with Crippen LogP contribution in [-0.4, -0.2) is 21.3 Å². The van der Waals surface area contributed by atoms with Gasteiger partial charge < -0.3 is 10.3 Å². The van der Waals surface area contributed by atoms with Crippen molar-refractivity contribution < 1.29 is 0 Å². The smallest absolute Gasteiger partial charge is 0.0949 e. The van der Waals surface area contributed by atoms with Gasteiger partial charge in [0.25, 0.3) is 0 Å². The van der Waals surface area contributed by atoms with Crippen molar-refractivity contribution in [1.29, 1.82) is 0 Å². The average Bonchev–Trinajstić information content (AvgIpc) is 2.87. The van der Waals surface area contributed by atoms with Crippen molar-refractivity contribution in [2.45, 2.75) is 37.2 Å². The number of benzene rings is 1. The second-order valence-electron chi connectivity index (χ2n) is 4.64. The third-order valence-corrected chi connectivity index (χ3v) is 4.04.